The zero-order chi connectivity index (χ0) is 16.1. The fourth-order valence-electron chi connectivity index (χ4n) is 2.34. The van der Waals surface area contributed by atoms with Crippen LogP contribution < -0.4 is 0 Å². The molecule has 3 aromatic rings. The van der Waals surface area contributed by atoms with Crippen molar-refractivity contribution in [1.29, 1.82) is 5.26 Å². The normalized spacial score (nSPS) is 10.3. The van der Waals surface area contributed by atoms with Gasteiger partial charge in [-0.15, -0.1) is 11.8 Å². The molecule has 0 bridgehead atoms. The fourth-order valence-corrected chi connectivity index (χ4v) is 3.23. The van der Waals surface area contributed by atoms with Crippen molar-refractivity contribution in [3.63, 3.8) is 0 Å². The molecule has 3 aromatic carbocycles. The van der Waals surface area contributed by atoms with Crippen LogP contribution in [0, 0.1) is 17.1 Å². The summed E-state index contributed by atoms with van der Waals surface area (Å²) in [6.07, 6.45) is 0. The van der Waals surface area contributed by atoms with Crippen molar-refractivity contribution in [3.8, 4) is 17.2 Å². The quantitative estimate of drug-likeness (QED) is 0.580. The minimum Gasteiger partial charge on any atom is -0.207 e. The highest BCUT2D eigenvalue weighted by atomic mass is 32.2. The minimum atomic E-state index is -0.210. The molecule has 1 nitrogen and oxygen atoms in total. The molecule has 23 heavy (non-hydrogen) atoms. The molecule has 0 aromatic heterocycles. The van der Waals surface area contributed by atoms with Crippen molar-refractivity contribution >= 4 is 11.8 Å². The highest BCUT2D eigenvalue weighted by Gasteiger charge is 2.04. The first kappa shape index (κ1) is 15.3. The van der Waals surface area contributed by atoms with Gasteiger partial charge < -0.3 is 0 Å². The van der Waals surface area contributed by atoms with Crippen molar-refractivity contribution in [1.82, 2.24) is 0 Å². The summed E-state index contributed by atoms with van der Waals surface area (Å²) in [5, 5.41) is 9.18. The molecule has 0 aliphatic rings. The Morgan fingerprint density at radius 2 is 1.70 bits per heavy atom. The van der Waals surface area contributed by atoms with E-state index in [2.05, 4.69) is 18.2 Å². The van der Waals surface area contributed by atoms with Gasteiger partial charge in [-0.1, -0.05) is 48.5 Å². The van der Waals surface area contributed by atoms with Crippen LogP contribution in [-0.2, 0) is 5.75 Å². The summed E-state index contributed by atoms with van der Waals surface area (Å²) in [6.45, 7) is 0. The average Bonchev–Trinajstić information content (AvgIpc) is 2.60. The molecule has 0 radical (unpaired) electrons. The highest BCUT2D eigenvalue weighted by Crippen LogP contribution is 2.27. The predicted molar refractivity (Wildman–Crippen MR) is 92.6 cm³/mol. The molecule has 0 heterocycles. The Bertz CT molecular complexity index is 850. The maximum absolute atomic E-state index is 13.2. The SMILES string of the molecule is N#Cc1ccccc1-c1ccc(CSc2cccc(F)c2)cc1. The number of nitriles is 1. The molecular formula is C20H14FNS. The molecule has 3 rings (SSSR count). The second kappa shape index (κ2) is 7.13. The smallest absolute Gasteiger partial charge is 0.124 e. The first-order chi connectivity index (χ1) is 11.3. The zero-order valence-corrected chi connectivity index (χ0v) is 13.2. The molecule has 0 aliphatic heterocycles. The molecule has 0 fully saturated rings. The second-order valence-electron chi connectivity index (χ2n) is 5.10. The molecule has 0 saturated carbocycles. The maximum atomic E-state index is 13.2. The molecule has 0 N–H and O–H groups in total. The lowest BCUT2D eigenvalue weighted by atomic mass is 10.00. The summed E-state index contributed by atoms with van der Waals surface area (Å²) >= 11 is 1.60. The first-order valence-corrected chi connectivity index (χ1v) is 8.21. The summed E-state index contributed by atoms with van der Waals surface area (Å²) in [5.41, 5.74) is 3.81. The Kier molecular flexibility index (Phi) is 4.75. The van der Waals surface area contributed by atoms with Gasteiger partial charge in [0.25, 0.3) is 0 Å². The Hall–Kier alpha value is -2.57. The number of halogens is 1. The van der Waals surface area contributed by atoms with E-state index in [1.54, 1.807) is 23.9 Å². The van der Waals surface area contributed by atoms with Crippen LogP contribution >= 0.6 is 11.8 Å². The summed E-state index contributed by atoms with van der Waals surface area (Å²) < 4.78 is 13.2. The zero-order valence-electron chi connectivity index (χ0n) is 12.4. The van der Waals surface area contributed by atoms with Crippen LogP contribution in [0.3, 0.4) is 0 Å². The van der Waals surface area contributed by atoms with E-state index < -0.39 is 0 Å². The number of hydrogen-bond donors (Lipinski definition) is 0. The Balaban J connectivity index is 1.74. The summed E-state index contributed by atoms with van der Waals surface area (Å²) in [4.78, 5) is 0.920. The Morgan fingerprint density at radius 1 is 0.913 bits per heavy atom. The monoisotopic (exact) mass is 319 g/mol. The van der Waals surface area contributed by atoms with Crippen molar-refractivity contribution in [2.24, 2.45) is 0 Å². The molecule has 0 unspecified atom stereocenters. The van der Waals surface area contributed by atoms with E-state index in [0.29, 0.717) is 5.56 Å². The lowest BCUT2D eigenvalue weighted by Crippen LogP contribution is -1.86. The van der Waals surface area contributed by atoms with Gasteiger partial charge in [0.05, 0.1) is 11.6 Å². The molecular weight excluding hydrogens is 305 g/mol. The van der Waals surface area contributed by atoms with Gasteiger partial charge >= 0.3 is 0 Å². The van der Waals surface area contributed by atoms with Gasteiger partial charge in [0, 0.05) is 10.6 Å². The molecule has 0 saturated heterocycles. The van der Waals surface area contributed by atoms with Crippen molar-refractivity contribution in [2.45, 2.75) is 10.6 Å². The lowest BCUT2D eigenvalue weighted by Gasteiger charge is -2.06. The third kappa shape index (κ3) is 3.80. The van der Waals surface area contributed by atoms with E-state index >= 15 is 0 Å². The van der Waals surface area contributed by atoms with Gasteiger partial charge in [-0.2, -0.15) is 5.26 Å². The molecule has 3 heteroatoms. The summed E-state index contributed by atoms with van der Waals surface area (Å²) in [6, 6.07) is 24.6. The van der Waals surface area contributed by atoms with Gasteiger partial charge in [-0.3, -0.25) is 0 Å². The highest BCUT2D eigenvalue weighted by molar-refractivity contribution is 7.98. The number of thioether (sulfide) groups is 1. The molecule has 0 aliphatic carbocycles. The van der Waals surface area contributed by atoms with Gasteiger partial charge in [-0.25, -0.2) is 4.39 Å². The van der Waals surface area contributed by atoms with Gasteiger partial charge in [-0.05, 0) is 41.0 Å². The van der Waals surface area contributed by atoms with Crippen LogP contribution in [0.25, 0.3) is 11.1 Å². The topological polar surface area (TPSA) is 23.8 Å². The van der Waals surface area contributed by atoms with Crippen molar-refractivity contribution in [2.75, 3.05) is 0 Å². The van der Waals surface area contributed by atoms with Gasteiger partial charge in [0.2, 0.25) is 0 Å². The minimum absolute atomic E-state index is 0.210. The van der Waals surface area contributed by atoms with E-state index in [1.807, 2.05) is 42.5 Å². The van der Waals surface area contributed by atoms with Crippen LogP contribution in [0.5, 0.6) is 0 Å². The Morgan fingerprint density at radius 3 is 2.43 bits per heavy atom. The third-order valence-corrected chi connectivity index (χ3v) is 4.58. The third-order valence-electron chi connectivity index (χ3n) is 3.51. The average molecular weight is 319 g/mol. The van der Waals surface area contributed by atoms with Crippen molar-refractivity contribution < 1.29 is 4.39 Å². The van der Waals surface area contributed by atoms with Gasteiger partial charge in [0.1, 0.15) is 5.82 Å². The number of benzene rings is 3. The largest absolute Gasteiger partial charge is 0.207 e. The molecule has 0 amide bonds. The first-order valence-electron chi connectivity index (χ1n) is 7.23. The lowest BCUT2D eigenvalue weighted by molar-refractivity contribution is 0.624. The summed E-state index contributed by atoms with van der Waals surface area (Å²) in [5.74, 6) is 0.572. The van der Waals surface area contributed by atoms with E-state index in [-0.39, 0.29) is 5.82 Å². The maximum Gasteiger partial charge on any atom is 0.124 e. The second-order valence-corrected chi connectivity index (χ2v) is 6.15. The van der Waals surface area contributed by atoms with Crippen LogP contribution in [0.15, 0.2) is 77.7 Å². The standard InChI is InChI=1S/C20H14FNS/c21-18-5-3-6-19(12-18)23-14-15-8-10-16(11-9-15)20-7-2-1-4-17(20)13-22/h1-12H,14H2. The fraction of sp³-hybridized carbons (Fsp3) is 0.0500. The van der Waals surface area contributed by atoms with Crippen LogP contribution in [0.4, 0.5) is 4.39 Å². The van der Waals surface area contributed by atoms with Crippen LogP contribution in [0.2, 0.25) is 0 Å². The Labute approximate surface area is 139 Å². The van der Waals surface area contributed by atoms with E-state index in [1.165, 1.54) is 6.07 Å². The number of rotatable bonds is 4. The number of nitrogens with zero attached hydrogens (tertiary/aromatic N) is 1. The molecule has 0 spiro atoms. The van der Waals surface area contributed by atoms with Crippen LogP contribution in [-0.4, -0.2) is 0 Å². The summed E-state index contributed by atoms with van der Waals surface area (Å²) in [7, 11) is 0. The van der Waals surface area contributed by atoms with Gasteiger partial charge in [0.15, 0.2) is 0 Å². The predicted octanol–water partition coefficient (Wildman–Crippen LogP) is 5.66. The molecule has 0 atom stereocenters. The van der Waals surface area contributed by atoms with E-state index in [4.69, 9.17) is 0 Å². The number of hydrogen-bond acceptors (Lipinski definition) is 2. The van der Waals surface area contributed by atoms with Crippen molar-refractivity contribution in [3.05, 3.63) is 89.7 Å². The van der Waals surface area contributed by atoms with E-state index in [0.717, 1.165) is 27.3 Å². The molecule has 112 valence electrons. The van der Waals surface area contributed by atoms with Crippen LogP contribution in [0.1, 0.15) is 11.1 Å². The van der Waals surface area contributed by atoms with E-state index in [9.17, 15) is 9.65 Å².